The zero-order valence-corrected chi connectivity index (χ0v) is 11.2. The zero-order chi connectivity index (χ0) is 13.3. The van der Waals surface area contributed by atoms with Gasteiger partial charge in [-0.1, -0.05) is 26.0 Å². The Morgan fingerprint density at radius 3 is 2.72 bits per heavy atom. The molecule has 2 atom stereocenters. The van der Waals surface area contributed by atoms with Crippen molar-refractivity contribution in [2.75, 3.05) is 7.11 Å². The minimum atomic E-state index is -0.279. The number of methoxy groups -OCH3 is 1. The van der Waals surface area contributed by atoms with E-state index in [0.29, 0.717) is 29.1 Å². The van der Waals surface area contributed by atoms with Gasteiger partial charge < -0.3 is 4.74 Å². The number of nitrogens with two attached hydrogens (primary N) is 1. The van der Waals surface area contributed by atoms with Crippen molar-refractivity contribution >= 4 is 0 Å². The van der Waals surface area contributed by atoms with Gasteiger partial charge in [-0.25, -0.2) is 4.39 Å². The molecule has 2 unspecified atom stereocenters. The van der Waals surface area contributed by atoms with E-state index in [0.717, 1.165) is 6.42 Å². The van der Waals surface area contributed by atoms with Crippen molar-refractivity contribution in [3.05, 3.63) is 29.6 Å². The largest absolute Gasteiger partial charge is 0.494 e. The van der Waals surface area contributed by atoms with Gasteiger partial charge in [-0.05, 0) is 35.8 Å². The van der Waals surface area contributed by atoms with Crippen molar-refractivity contribution in [1.82, 2.24) is 5.43 Å². The van der Waals surface area contributed by atoms with Crippen LogP contribution in [0.4, 0.5) is 4.39 Å². The van der Waals surface area contributed by atoms with Crippen LogP contribution in [0, 0.1) is 17.2 Å². The summed E-state index contributed by atoms with van der Waals surface area (Å²) in [5.41, 5.74) is 3.79. The molecule has 3 nitrogen and oxygen atoms in total. The number of halogens is 1. The molecule has 0 spiro atoms. The Morgan fingerprint density at radius 1 is 1.56 bits per heavy atom. The SMILES string of the molecule is COc1cccc(CC(NN)C2CC2(C)C)c1F. The van der Waals surface area contributed by atoms with Crippen LogP contribution in [0.3, 0.4) is 0 Å². The molecule has 4 heteroatoms. The summed E-state index contributed by atoms with van der Waals surface area (Å²) in [7, 11) is 1.48. The van der Waals surface area contributed by atoms with Gasteiger partial charge in [0.25, 0.3) is 0 Å². The highest BCUT2D eigenvalue weighted by atomic mass is 19.1. The number of ether oxygens (including phenoxy) is 1. The normalized spacial score (nSPS) is 22.6. The molecule has 1 fully saturated rings. The molecule has 0 aliphatic heterocycles. The van der Waals surface area contributed by atoms with Crippen molar-refractivity contribution in [2.24, 2.45) is 17.2 Å². The zero-order valence-electron chi connectivity index (χ0n) is 11.2. The summed E-state index contributed by atoms with van der Waals surface area (Å²) < 4.78 is 19.0. The monoisotopic (exact) mass is 252 g/mol. The molecule has 0 aromatic heterocycles. The van der Waals surface area contributed by atoms with E-state index in [2.05, 4.69) is 19.3 Å². The molecule has 2 rings (SSSR count). The highest BCUT2D eigenvalue weighted by Gasteiger charge is 2.49. The van der Waals surface area contributed by atoms with E-state index in [1.165, 1.54) is 7.11 Å². The third-order valence-electron chi connectivity index (χ3n) is 3.99. The molecule has 1 aliphatic carbocycles. The van der Waals surface area contributed by atoms with Gasteiger partial charge in [-0.3, -0.25) is 11.3 Å². The minimum absolute atomic E-state index is 0.113. The Labute approximate surface area is 107 Å². The van der Waals surface area contributed by atoms with Gasteiger partial charge >= 0.3 is 0 Å². The van der Waals surface area contributed by atoms with Crippen LogP contribution < -0.4 is 16.0 Å². The highest BCUT2D eigenvalue weighted by Crippen LogP contribution is 2.53. The summed E-state index contributed by atoms with van der Waals surface area (Å²) in [6.07, 6.45) is 1.72. The van der Waals surface area contributed by atoms with E-state index in [1.807, 2.05) is 6.07 Å². The van der Waals surface area contributed by atoms with Crippen LogP contribution in [0.25, 0.3) is 0 Å². The van der Waals surface area contributed by atoms with Crippen LogP contribution in [0.15, 0.2) is 18.2 Å². The average Bonchev–Trinajstić information content (AvgIpc) is 2.97. The van der Waals surface area contributed by atoms with Gasteiger partial charge in [0.15, 0.2) is 11.6 Å². The maximum absolute atomic E-state index is 14.1. The molecule has 0 saturated heterocycles. The van der Waals surface area contributed by atoms with E-state index in [4.69, 9.17) is 10.6 Å². The third-order valence-corrected chi connectivity index (χ3v) is 3.99. The van der Waals surface area contributed by atoms with E-state index in [1.54, 1.807) is 12.1 Å². The van der Waals surface area contributed by atoms with E-state index < -0.39 is 0 Å². The number of hydrogen-bond donors (Lipinski definition) is 2. The molecule has 1 saturated carbocycles. The second-order valence-electron chi connectivity index (χ2n) is 5.71. The number of rotatable bonds is 5. The van der Waals surface area contributed by atoms with E-state index in [9.17, 15) is 4.39 Å². The Hall–Kier alpha value is -1.13. The summed E-state index contributed by atoms with van der Waals surface area (Å²) in [6.45, 7) is 4.42. The lowest BCUT2D eigenvalue weighted by molar-refractivity contribution is 0.375. The predicted octanol–water partition coefficient (Wildman–Crippen LogP) is 2.25. The number of hydrazine groups is 1. The van der Waals surface area contributed by atoms with Gasteiger partial charge in [0.2, 0.25) is 0 Å². The first-order valence-corrected chi connectivity index (χ1v) is 6.27. The van der Waals surface area contributed by atoms with Crippen LogP contribution in [0.1, 0.15) is 25.8 Å². The molecule has 0 heterocycles. The fourth-order valence-corrected chi connectivity index (χ4v) is 2.62. The highest BCUT2D eigenvalue weighted by molar-refractivity contribution is 5.32. The lowest BCUT2D eigenvalue weighted by Gasteiger charge is -2.18. The molecule has 18 heavy (non-hydrogen) atoms. The summed E-state index contributed by atoms with van der Waals surface area (Å²) >= 11 is 0. The van der Waals surface area contributed by atoms with E-state index >= 15 is 0 Å². The summed E-state index contributed by atoms with van der Waals surface area (Å²) in [6, 6.07) is 5.34. The Kier molecular flexibility index (Phi) is 3.59. The third kappa shape index (κ3) is 2.49. The molecular formula is C14H21FN2O. The smallest absolute Gasteiger partial charge is 0.168 e. The van der Waals surface area contributed by atoms with Crippen molar-refractivity contribution in [1.29, 1.82) is 0 Å². The molecular weight excluding hydrogens is 231 g/mol. The van der Waals surface area contributed by atoms with E-state index in [-0.39, 0.29) is 11.9 Å². The van der Waals surface area contributed by atoms with Crippen LogP contribution >= 0.6 is 0 Å². The summed E-state index contributed by atoms with van der Waals surface area (Å²) in [5, 5.41) is 0. The fraction of sp³-hybridized carbons (Fsp3) is 0.571. The molecule has 0 amide bonds. The average molecular weight is 252 g/mol. The quantitative estimate of drug-likeness (QED) is 0.624. The van der Waals surface area contributed by atoms with Crippen molar-refractivity contribution in [3.63, 3.8) is 0 Å². The Bertz CT molecular complexity index is 434. The number of nitrogens with one attached hydrogen (secondary N) is 1. The Balaban J connectivity index is 2.13. The van der Waals surface area contributed by atoms with Gasteiger partial charge in [-0.2, -0.15) is 0 Å². The van der Waals surface area contributed by atoms with Crippen molar-refractivity contribution < 1.29 is 9.13 Å². The van der Waals surface area contributed by atoms with Crippen molar-refractivity contribution in [3.8, 4) is 5.75 Å². The molecule has 100 valence electrons. The van der Waals surface area contributed by atoms with Gasteiger partial charge in [0, 0.05) is 6.04 Å². The lowest BCUT2D eigenvalue weighted by atomic mass is 9.97. The molecule has 1 aromatic carbocycles. The predicted molar refractivity (Wildman–Crippen MR) is 69.7 cm³/mol. The first-order chi connectivity index (χ1) is 8.49. The maximum atomic E-state index is 14.1. The fourth-order valence-electron chi connectivity index (χ4n) is 2.62. The summed E-state index contributed by atoms with van der Waals surface area (Å²) in [4.78, 5) is 0. The topological polar surface area (TPSA) is 47.3 Å². The molecule has 0 bridgehead atoms. The minimum Gasteiger partial charge on any atom is -0.494 e. The van der Waals surface area contributed by atoms with Crippen LogP contribution in [0.2, 0.25) is 0 Å². The van der Waals surface area contributed by atoms with Crippen LogP contribution in [-0.2, 0) is 6.42 Å². The van der Waals surface area contributed by atoms with Crippen LogP contribution in [-0.4, -0.2) is 13.2 Å². The Morgan fingerprint density at radius 2 is 2.22 bits per heavy atom. The van der Waals surface area contributed by atoms with Gasteiger partial charge in [-0.15, -0.1) is 0 Å². The number of hydrogen-bond acceptors (Lipinski definition) is 3. The van der Waals surface area contributed by atoms with Crippen molar-refractivity contribution in [2.45, 2.75) is 32.7 Å². The number of benzene rings is 1. The standard InChI is InChI=1S/C14H21FN2O/c1-14(2)8-10(14)11(17-16)7-9-5-4-6-12(18-3)13(9)15/h4-6,10-11,17H,7-8,16H2,1-3H3. The molecule has 0 radical (unpaired) electrons. The van der Waals surface area contributed by atoms with Gasteiger partial charge in [0.05, 0.1) is 7.11 Å². The maximum Gasteiger partial charge on any atom is 0.168 e. The second kappa shape index (κ2) is 4.86. The van der Waals surface area contributed by atoms with Gasteiger partial charge in [0.1, 0.15) is 0 Å². The first-order valence-electron chi connectivity index (χ1n) is 6.27. The second-order valence-corrected chi connectivity index (χ2v) is 5.71. The first kappa shape index (κ1) is 13.3. The molecule has 1 aliphatic rings. The lowest BCUT2D eigenvalue weighted by Crippen LogP contribution is -2.39. The van der Waals surface area contributed by atoms with Crippen LogP contribution in [0.5, 0.6) is 5.75 Å². The summed E-state index contributed by atoms with van der Waals surface area (Å²) in [5.74, 6) is 6.12. The molecule has 1 aromatic rings. The molecule has 3 N–H and O–H groups in total.